The van der Waals surface area contributed by atoms with Crippen LogP contribution in [0.25, 0.3) is 0 Å². The van der Waals surface area contributed by atoms with Crippen molar-refractivity contribution in [2.24, 2.45) is 0 Å². The number of hydrogen-bond acceptors (Lipinski definition) is 2. The van der Waals surface area contributed by atoms with Gasteiger partial charge in [0.15, 0.2) is 0 Å². The molecule has 0 bridgehead atoms. The molecule has 2 N–H and O–H groups in total. The van der Waals surface area contributed by atoms with Gasteiger partial charge in [-0.1, -0.05) is 6.07 Å². The molecule has 0 saturated heterocycles. The second-order valence-electron chi connectivity index (χ2n) is 3.34. The van der Waals surface area contributed by atoms with Crippen LogP contribution in [0.1, 0.15) is 12.5 Å². The molecule has 86 valence electrons. The van der Waals surface area contributed by atoms with E-state index in [1.165, 1.54) is 6.92 Å². The average Bonchev–Trinajstić information content (AvgIpc) is 2.23. The van der Waals surface area contributed by atoms with Crippen molar-refractivity contribution in [2.75, 3.05) is 16.5 Å². The van der Waals surface area contributed by atoms with E-state index in [1.807, 2.05) is 6.92 Å². The molecule has 2 amide bonds. The third kappa shape index (κ3) is 3.24. The smallest absolute Gasteiger partial charge is 0.239 e. The van der Waals surface area contributed by atoms with Crippen molar-refractivity contribution in [2.45, 2.75) is 13.8 Å². The van der Waals surface area contributed by atoms with Gasteiger partial charge in [0.25, 0.3) is 0 Å². The third-order valence-electron chi connectivity index (χ3n) is 2.04. The first kappa shape index (κ1) is 12.5. The van der Waals surface area contributed by atoms with Crippen LogP contribution < -0.4 is 10.6 Å². The number of carbonyl (C=O) groups is 2. The van der Waals surface area contributed by atoms with E-state index in [0.717, 1.165) is 5.56 Å². The highest BCUT2D eigenvalue weighted by Gasteiger charge is 2.07. The summed E-state index contributed by atoms with van der Waals surface area (Å²) in [4.78, 5) is 22.1. The number of rotatable bonds is 3. The van der Waals surface area contributed by atoms with Crippen molar-refractivity contribution in [3.8, 4) is 0 Å². The van der Waals surface area contributed by atoms with Crippen LogP contribution in [0.3, 0.4) is 0 Å². The highest BCUT2D eigenvalue weighted by Crippen LogP contribution is 2.23. The molecule has 0 aliphatic heterocycles. The molecule has 1 rings (SSSR count). The molecule has 0 atom stereocenters. The summed E-state index contributed by atoms with van der Waals surface area (Å²) in [7, 11) is 0. The number of alkyl halides is 1. The molecule has 1 aromatic rings. The van der Waals surface area contributed by atoms with Gasteiger partial charge in [0.2, 0.25) is 11.8 Å². The van der Waals surface area contributed by atoms with E-state index in [-0.39, 0.29) is 17.7 Å². The lowest BCUT2D eigenvalue weighted by molar-refractivity contribution is -0.114. The molecular weight excluding hydrogens is 228 g/mol. The number of anilines is 2. The monoisotopic (exact) mass is 240 g/mol. The van der Waals surface area contributed by atoms with Crippen molar-refractivity contribution >= 4 is 34.8 Å². The molecule has 0 aliphatic rings. The van der Waals surface area contributed by atoms with Gasteiger partial charge in [-0.2, -0.15) is 0 Å². The fourth-order valence-corrected chi connectivity index (χ4v) is 1.35. The normalized spacial score (nSPS) is 9.69. The second kappa shape index (κ2) is 5.51. The molecule has 0 heterocycles. The van der Waals surface area contributed by atoms with Crippen LogP contribution in [-0.4, -0.2) is 17.7 Å². The Kier molecular flexibility index (Phi) is 4.31. The van der Waals surface area contributed by atoms with Gasteiger partial charge in [0.05, 0.1) is 0 Å². The van der Waals surface area contributed by atoms with Gasteiger partial charge in [0, 0.05) is 18.3 Å². The molecule has 0 radical (unpaired) electrons. The van der Waals surface area contributed by atoms with Crippen molar-refractivity contribution in [3.63, 3.8) is 0 Å². The summed E-state index contributed by atoms with van der Waals surface area (Å²) in [6.45, 7) is 3.25. The Balaban J connectivity index is 2.94. The molecule has 0 aromatic heterocycles. The second-order valence-corrected chi connectivity index (χ2v) is 3.61. The van der Waals surface area contributed by atoms with Gasteiger partial charge >= 0.3 is 0 Å². The Labute approximate surface area is 99.0 Å². The first-order valence-electron chi connectivity index (χ1n) is 4.77. The predicted molar refractivity (Wildman–Crippen MR) is 64.8 cm³/mol. The van der Waals surface area contributed by atoms with E-state index >= 15 is 0 Å². The highest BCUT2D eigenvalue weighted by atomic mass is 35.5. The molecular formula is C11H13ClN2O2. The van der Waals surface area contributed by atoms with Crippen molar-refractivity contribution in [1.29, 1.82) is 0 Å². The minimum absolute atomic E-state index is 0.0934. The first-order valence-corrected chi connectivity index (χ1v) is 5.31. The Morgan fingerprint density at radius 2 is 1.81 bits per heavy atom. The minimum atomic E-state index is -0.273. The van der Waals surface area contributed by atoms with Crippen LogP contribution >= 0.6 is 11.6 Å². The van der Waals surface area contributed by atoms with Gasteiger partial charge in [0.1, 0.15) is 5.88 Å². The van der Waals surface area contributed by atoms with Crippen molar-refractivity contribution in [3.05, 3.63) is 23.8 Å². The van der Waals surface area contributed by atoms with Gasteiger partial charge < -0.3 is 10.6 Å². The quantitative estimate of drug-likeness (QED) is 0.796. The molecule has 0 fully saturated rings. The molecule has 4 nitrogen and oxygen atoms in total. The van der Waals surface area contributed by atoms with E-state index in [4.69, 9.17) is 11.6 Å². The standard InChI is InChI=1S/C11H13ClN2O2/c1-7-9(13-8(2)15)4-3-5-10(7)14-11(16)6-12/h3-5H,6H2,1-2H3,(H,13,15)(H,14,16). The Hall–Kier alpha value is -1.55. The SMILES string of the molecule is CC(=O)Nc1cccc(NC(=O)CCl)c1C. The Morgan fingerprint density at radius 1 is 1.25 bits per heavy atom. The number of hydrogen-bond donors (Lipinski definition) is 2. The summed E-state index contributed by atoms with van der Waals surface area (Å²) in [5.41, 5.74) is 2.13. The zero-order valence-electron chi connectivity index (χ0n) is 9.13. The summed E-state index contributed by atoms with van der Waals surface area (Å²) >= 11 is 5.40. The molecule has 0 saturated carbocycles. The summed E-state index contributed by atoms with van der Waals surface area (Å²) < 4.78 is 0. The fourth-order valence-electron chi connectivity index (χ4n) is 1.28. The van der Waals surface area contributed by atoms with Crippen LogP contribution in [0.15, 0.2) is 18.2 Å². The van der Waals surface area contributed by atoms with Crippen molar-refractivity contribution in [1.82, 2.24) is 0 Å². The van der Waals surface area contributed by atoms with Crippen LogP contribution in [0, 0.1) is 6.92 Å². The van der Waals surface area contributed by atoms with Gasteiger partial charge in [-0.25, -0.2) is 0 Å². The van der Waals surface area contributed by atoms with Crippen molar-refractivity contribution < 1.29 is 9.59 Å². The number of carbonyl (C=O) groups excluding carboxylic acids is 2. The van der Waals surface area contributed by atoms with Crippen LogP contribution in [0.4, 0.5) is 11.4 Å². The molecule has 16 heavy (non-hydrogen) atoms. The zero-order chi connectivity index (χ0) is 12.1. The lowest BCUT2D eigenvalue weighted by Gasteiger charge is -2.11. The summed E-state index contributed by atoms with van der Waals surface area (Å²) in [6.07, 6.45) is 0. The van der Waals surface area contributed by atoms with Gasteiger partial charge in [-0.05, 0) is 24.6 Å². The summed E-state index contributed by atoms with van der Waals surface area (Å²) in [5, 5.41) is 5.33. The third-order valence-corrected chi connectivity index (χ3v) is 2.28. The van der Waals surface area contributed by atoms with E-state index in [1.54, 1.807) is 18.2 Å². The lowest BCUT2D eigenvalue weighted by Crippen LogP contribution is -2.14. The molecule has 0 spiro atoms. The zero-order valence-corrected chi connectivity index (χ0v) is 9.89. The van der Waals surface area contributed by atoms with Gasteiger partial charge in [-0.3, -0.25) is 9.59 Å². The number of nitrogens with one attached hydrogen (secondary N) is 2. The molecule has 1 aromatic carbocycles. The molecule has 0 unspecified atom stereocenters. The first-order chi connectivity index (χ1) is 7.54. The molecule has 0 aliphatic carbocycles. The Bertz CT molecular complexity index is 418. The van der Waals surface area contributed by atoms with E-state index in [0.29, 0.717) is 11.4 Å². The largest absolute Gasteiger partial charge is 0.326 e. The van der Waals surface area contributed by atoms with Gasteiger partial charge in [-0.15, -0.1) is 11.6 Å². The maximum absolute atomic E-state index is 11.1. The average molecular weight is 241 g/mol. The highest BCUT2D eigenvalue weighted by molar-refractivity contribution is 6.29. The Morgan fingerprint density at radius 3 is 2.31 bits per heavy atom. The van der Waals surface area contributed by atoms with Crippen LogP contribution in [0.5, 0.6) is 0 Å². The lowest BCUT2D eigenvalue weighted by atomic mass is 10.1. The van der Waals surface area contributed by atoms with E-state index < -0.39 is 0 Å². The van der Waals surface area contributed by atoms with Crippen LogP contribution in [0.2, 0.25) is 0 Å². The number of benzene rings is 1. The topological polar surface area (TPSA) is 58.2 Å². The van der Waals surface area contributed by atoms with E-state index in [2.05, 4.69) is 10.6 Å². The molecule has 5 heteroatoms. The maximum Gasteiger partial charge on any atom is 0.239 e. The fraction of sp³-hybridized carbons (Fsp3) is 0.273. The van der Waals surface area contributed by atoms with Crippen LogP contribution in [-0.2, 0) is 9.59 Å². The number of amides is 2. The maximum atomic E-state index is 11.1. The van der Waals surface area contributed by atoms with E-state index in [9.17, 15) is 9.59 Å². The predicted octanol–water partition coefficient (Wildman–Crippen LogP) is 2.13. The summed E-state index contributed by atoms with van der Waals surface area (Å²) in [6, 6.07) is 5.28. The minimum Gasteiger partial charge on any atom is -0.326 e. The summed E-state index contributed by atoms with van der Waals surface area (Å²) in [5.74, 6) is -0.516. The number of halogens is 1.